The summed E-state index contributed by atoms with van der Waals surface area (Å²) in [6.07, 6.45) is -0.144. The van der Waals surface area contributed by atoms with Gasteiger partial charge in [-0.15, -0.1) is 12.4 Å². The number of rotatable bonds is 3. The summed E-state index contributed by atoms with van der Waals surface area (Å²) < 4.78 is 5.71. The Morgan fingerprint density at radius 2 is 1.79 bits per heavy atom. The van der Waals surface area contributed by atoms with Gasteiger partial charge >= 0.3 is 35.5 Å². The predicted molar refractivity (Wildman–Crippen MR) is 56.8 cm³/mol. The van der Waals surface area contributed by atoms with Gasteiger partial charge in [0, 0.05) is 12.5 Å². The van der Waals surface area contributed by atoms with E-state index in [2.05, 4.69) is 6.58 Å². The molecule has 0 rings (SSSR count). The Kier molecular flexibility index (Phi) is 11.0. The van der Waals surface area contributed by atoms with E-state index in [0.717, 1.165) is 0 Å². The van der Waals surface area contributed by atoms with E-state index in [-0.39, 0.29) is 55.6 Å². The number of carbonyl (C=O) groups is 1. The number of esters is 1. The molecule has 0 aliphatic carbocycles. The van der Waals surface area contributed by atoms with Crippen LogP contribution in [0.15, 0.2) is 12.2 Å². The number of hydrogen-bond donors (Lipinski definition) is 0. The summed E-state index contributed by atoms with van der Waals surface area (Å²) in [6, 6.07) is 0. The second kappa shape index (κ2) is 7.71. The average molecular weight is 233 g/mol. The zero-order chi connectivity index (χ0) is 9.94. The zero-order valence-electron chi connectivity index (χ0n) is 11.0. The van der Waals surface area contributed by atoms with E-state index in [1.165, 1.54) is 0 Å². The van der Waals surface area contributed by atoms with Gasteiger partial charge in [0.2, 0.25) is 6.23 Å². The first-order valence-corrected chi connectivity index (χ1v) is 3.92. The van der Waals surface area contributed by atoms with Crippen LogP contribution in [0.1, 0.15) is 15.3 Å². The second-order valence-corrected chi connectivity index (χ2v) is 3.90. The molecule has 0 amide bonds. The molecule has 0 N–H and O–H groups in total. The molecule has 1 atom stereocenters. The van der Waals surface area contributed by atoms with Gasteiger partial charge in [-0.2, -0.15) is 0 Å². The number of hydrogen-bond acceptors (Lipinski definition) is 2. The normalized spacial score (nSPS) is 11.8. The third kappa shape index (κ3) is 7.83. The molecule has 0 saturated heterocycles. The van der Waals surface area contributed by atoms with Crippen molar-refractivity contribution >= 4 is 18.4 Å². The smallest absolute Gasteiger partial charge is 1.00 e. The van der Waals surface area contributed by atoms with Gasteiger partial charge in [0.25, 0.3) is 0 Å². The first-order valence-electron chi connectivity index (χ1n) is 3.92. The molecule has 0 aromatic carbocycles. The molecule has 5 heteroatoms. The van der Waals surface area contributed by atoms with E-state index in [0.29, 0.717) is 10.1 Å². The Hall–Kier alpha value is 0.460. The number of carbonyl (C=O) groups excluding carboxylic acids is 1. The van der Waals surface area contributed by atoms with Crippen molar-refractivity contribution in [1.29, 1.82) is 0 Å². The number of quaternary nitrogens is 1. The monoisotopic (exact) mass is 232 g/mol. The molecular weight excluding hydrogens is 213 g/mol. The van der Waals surface area contributed by atoms with Crippen LogP contribution in [0.5, 0.6) is 0 Å². The minimum Gasteiger partial charge on any atom is -1.00 e. The van der Waals surface area contributed by atoms with Crippen LogP contribution in [-0.2, 0) is 9.53 Å². The molecular formula is C9H20ClNNaO2+. The average Bonchev–Trinajstić information content (AvgIpc) is 1.85. The van der Waals surface area contributed by atoms with Gasteiger partial charge in [-0.3, -0.25) is 4.48 Å². The van der Waals surface area contributed by atoms with Crippen LogP contribution < -0.4 is 29.6 Å². The van der Waals surface area contributed by atoms with Gasteiger partial charge in [-0.05, 0) is 6.92 Å². The molecule has 0 bridgehead atoms. The maximum Gasteiger partial charge on any atom is 1.00 e. The number of halogens is 1. The van der Waals surface area contributed by atoms with Crippen LogP contribution in [-0.4, -0.2) is 37.8 Å². The predicted octanol–water partition coefficient (Wildman–Crippen LogP) is -1.30. The first-order chi connectivity index (χ1) is 5.25. The standard InChI is InChI=1S/C9H18NO2.ClH.Na.H/c1-7(2)9(11)12-8(3)10(4,5)6;;;/h8H,1H2,2-6H3;1H;;/q+1;;+1;-1. The van der Waals surface area contributed by atoms with Gasteiger partial charge in [0.05, 0.1) is 21.1 Å². The van der Waals surface area contributed by atoms with Crippen molar-refractivity contribution < 1.29 is 45.0 Å². The molecule has 0 aromatic heterocycles. The molecule has 0 fully saturated rings. The van der Waals surface area contributed by atoms with Crippen molar-refractivity contribution in [3.63, 3.8) is 0 Å². The fourth-order valence-electron chi connectivity index (χ4n) is 0.414. The molecule has 0 saturated carbocycles. The molecule has 80 valence electrons. The molecule has 3 nitrogen and oxygen atoms in total. The van der Waals surface area contributed by atoms with E-state index in [1.54, 1.807) is 6.92 Å². The van der Waals surface area contributed by atoms with E-state index in [1.807, 2.05) is 28.1 Å². The Balaban J connectivity index is -0.000000202. The van der Waals surface area contributed by atoms with E-state index in [4.69, 9.17) is 4.74 Å². The third-order valence-corrected chi connectivity index (χ3v) is 1.72. The van der Waals surface area contributed by atoms with Crippen molar-refractivity contribution in [2.24, 2.45) is 0 Å². The van der Waals surface area contributed by atoms with Crippen LogP contribution in [0, 0.1) is 0 Å². The summed E-state index contributed by atoms with van der Waals surface area (Å²) in [7, 11) is 5.91. The summed E-state index contributed by atoms with van der Waals surface area (Å²) in [5, 5.41) is 0. The molecule has 0 aromatic rings. The van der Waals surface area contributed by atoms with Crippen molar-refractivity contribution in [3.8, 4) is 0 Å². The number of ether oxygens (including phenoxy) is 1. The van der Waals surface area contributed by atoms with Gasteiger partial charge in [0.1, 0.15) is 0 Å². The third-order valence-electron chi connectivity index (χ3n) is 1.72. The van der Waals surface area contributed by atoms with Crippen molar-refractivity contribution in [3.05, 3.63) is 12.2 Å². The van der Waals surface area contributed by atoms with Crippen molar-refractivity contribution in [2.75, 3.05) is 21.1 Å². The molecule has 0 heterocycles. The quantitative estimate of drug-likeness (QED) is 0.199. The van der Waals surface area contributed by atoms with Crippen LogP contribution in [0.2, 0.25) is 0 Å². The summed E-state index contributed by atoms with van der Waals surface area (Å²) in [6.45, 7) is 7.01. The fraction of sp³-hybridized carbons (Fsp3) is 0.667. The van der Waals surface area contributed by atoms with Gasteiger partial charge in [-0.25, -0.2) is 4.79 Å². The van der Waals surface area contributed by atoms with E-state index in [9.17, 15) is 4.79 Å². The van der Waals surface area contributed by atoms with Crippen LogP contribution in [0.25, 0.3) is 0 Å². The molecule has 14 heavy (non-hydrogen) atoms. The summed E-state index contributed by atoms with van der Waals surface area (Å²) in [5.74, 6) is -0.324. The summed E-state index contributed by atoms with van der Waals surface area (Å²) in [5.41, 5.74) is 0.440. The van der Waals surface area contributed by atoms with Crippen LogP contribution in [0.4, 0.5) is 0 Å². The largest absolute Gasteiger partial charge is 1.00 e. The SMILES string of the molecule is C=C(C)C(=O)OC(C)[N+](C)(C)C.Cl.[H-].[Na+]. The van der Waals surface area contributed by atoms with E-state index < -0.39 is 0 Å². The number of nitrogens with zero attached hydrogens (tertiary/aromatic N) is 1. The Bertz CT molecular complexity index is 207. The molecule has 1 unspecified atom stereocenters. The van der Waals surface area contributed by atoms with Gasteiger partial charge < -0.3 is 6.16 Å². The van der Waals surface area contributed by atoms with E-state index >= 15 is 0 Å². The Morgan fingerprint density at radius 3 is 2.00 bits per heavy atom. The fourth-order valence-corrected chi connectivity index (χ4v) is 0.414. The van der Waals surface area contributed by atoms with Crippen molar-refractivity contribution in [1.82, 2.24) is 0 Å². The Labute approximate surface area is 116 Å². The zero-order valence-corrected chi connectivity index (χ0v) is 12.8. The molecule has 0 radical (unpaired) electrons. The second-order valence-electron chi connectivity index (χ2n) is 3.90. The van der Waals surface area contributed by atoms with Gasteiger partial charge in [-0.1, -0.05) is 6.58 Å². The van der Waals surface area contributed by atoms with Crippen LogP contribution in [0.3, 0.4) is 0 Å². The maximum absolute atomic E-state index is 11.1. The first kappa shape index (κ1) is 19.9. The van der Waals surface area contributed by atoms with Gasteiger partial charge in [0.15, 0.2) is 0 Å². The minimum atomic E-state index is -0.324. The maximum atomic E-state index is 11.1. The molecule has 0 spiro atoms. The minimum absolute atomic E-state index is 0. The molecule has 0 aliphatic rings. The summed E-state index contributed by atoms with van der Waals surface area (Å²) in [4.78, 5) is 11.1. The summed E-state index contributed by atoms with van der Waals surface area (Å²) >= 11 is 0. The molecule has 0 aliphatic heterocycles. The van der Waals surface area contributed by atoms with Crippen molar-refractivity contribution in [2.45, 2.75) is 20.1 Å². The van der Waals surface area contributed by atoms with Crippen LogP contribution >= 0.6 is 12.4 Å². The topological polar surface area (TPSA) is 26.3 Å². The Morgan fingerprint density at radius 1 is 1.43 bits per heavy atom.